The van der Waals surface area contributed by atoms with Gasteiger partial charge in [0.2, 0.25) is 5.91 Å². The zero-order valence-electron chi connectivity index (χ0n) is 17.8. The van der Waals surface area contributed by atoms with Crippen molar-refractivity contribution in [1.82, 2.24) is 19.7 Å². The first-order valence-corrected chi connectivity index (χ1v) is 11.3. The van der Waals surface area contributed by atoms with Crippen LogP contribution in [0, 0.1) is 0 Å². The standard InChI is InChI=1S/C23H23N5O3S/c1-3-15-7-5-6-8-19(15)25-20(29)14-32-23-26-21-18(13-24-27-21)22(30)28(23)16-9-11-17(12-10-16)31-4-2/h5-13H,3-4,14H2,1-2H3,(H,24,27)(H,25,29). The molecule has 8 nitrogen and oxygen atoms in total. The molecule has 2 aromatic heterocycles. The monoisotopic (exact) mass is 449 g/mol. The van der Waals surface area contributed by atoms with Crippen LogP contribution in [-0.2, 0) is 11.2 Å². The number of para-hydroxylation sites is 1. The van der Waals surface area contributed by atoms with E-state index in [-0.39, 0.29) is 17.2 Å². The van der Waals surface area contributed by atoms with Gasteiger partial charge in [-0.2, -0.15) is 5.10 Å². The first kappa shape index (κ1) is 21.6. The van der Waals surface area contributed by atoms with Gasteiger partial charge in [0.1, 0.15) is 11.1 Å². The number of thioether (sulfide) groups is 1. The Morgan fingerprint density at radius 3 is 2.69 bits per heavy atom. The van der Waals surface area contributed by atoms with Crippen LogP contribution in [0.4, 0.5) is 5.69 Å². The highest BCUT2D eigenvalue weighted by Gasteiger charge is 2.16. The summed E-state index contributed by atoms with van der Waals surface area (Å²) in [7, 11) is 0. The third-order valence-corrected chi connectivity index (χ3v) is 5.80. The fourth-order valence-electron chi connectivity index (χ4n) is 3.32. The third-order valence-electron chi connectivity index (χ3n) is 4.86. The van der Waals surface area contributed by atoms with E-state index < -0.39 is 0 Å². The maximum Gasteiger partial charge on any atom is 0.269 e. The Morgan fingerprint density at radius 1 is 1.16 bits per heavy atom. The second-order valence-electron chi connectivity index (χ2n) is 6.94. The molecule has 2 N–H and O–H groups in total. The van der Waals surface area contributed by atoms with E-state index in [4.69, 9.17) is 4.74 Å². The van der Waals surface area contributed by atoms with Crippen molar-refractivity contribution in [2.24, 2.45) is 0 Å². The Hall–Kier alpha value is -3.59. The van der Waals surface area contributed by atoms with Crippen LogP contribution in [-0.4, -0.2) is 38.0 Å². The predicted octanol–water partition coefficient (Wildman–Crippen LogP) is 3.80. The molecule has 0 unspecified atom stereocenters. The number of fused-ring (bicyclic) bond motifs is 1. The molecular formula is C23H23N5O3S. The van der Waals surface area contributed by atoms with Crippen molar-refractivity contribution in [2.75, 3.05) is 17.7 Å². The molecule has 0 saturated heterocycles. The lowest BCUT2D eigenvalue weighted by Gasteiger charge is -2.13. The van der Waals surface area contributed by atoms with Gasteiger partial charge in [-0.25, -0.2) is 4.98 Å². The number of ether oxygens (including phenoxy) is 1. The van der Waals surface area contributed by atoms with Crippen LogP contribution in [0.15, 0.2) is 64.7 Å². The number of hydrogen-bond donors (Lipinski definition) is 2. The maximum atomic E-state index is 13.2. The van der Waals surface area contributed by atoms with Crippen molar-refractivity contribution in [3.05, 3.63) is 70.6 Å². The average Bonchev–Trinajstić information content (AvgIpc) is 3.28. The van der Waals surface area contributed by atoms with E-state index in [1.807, 2.05) is 38.1 Å². The summed E-state index contributed by atoms with van der Waals surface area (Å²) in [6, 6.07) is 14.9. The van der Waals surface area contributed by atoms with E-state index in [0.29, 0.717) is 34.2 Å². The minimum absolute atomic E-state index is 0.0984. The van der Waals surface area contributed by atoms with Crippen molar-refractivity contribution in [2.45, 2.75) is 25.4 Å². The first-order valence-electron chi connectivity index (χ1n) is 10.3. The Kier molecular flexibility index (Phi) is 6.55. The van der Waals surface area contributed by atoms with Crippen molar-refractivity contribution in [1.29, 1.82) is 0 Å². The molecule has 2 heterocycles. The normalized spacial score (nSPS) is 10.9. The zero-order chi connectivity index (χ0) is 22.5. The van der Waals surface area contributed by atoms with Crippen LogP contribution in [0.1, 0.15) is 19.4 Å². The largest absolute Gasteiger partial charge is 0.494 e. The maximum absolute atomic E-state index is 13.2. The van der Waals surface area contributed by atoms with Crippen LogP contribution >= 0.6 is 11.8 Å². The molecule has 4 rings (SSSR count). The number of carbonyl (C=O) groups is 1. The molecule has 32 heavy (non-hydrogen) atoms. The van der Waals surface area contributed by atoms with Gasteiger partial charge in [0, 0.05) is 5.69 Å². The Labute approximate surface area is 189 Å². The molecular weight excluding hydrogens is 426 g/mol. The van der Waals surface area contributed by atoms with E-state index in [1.54, 1.807) is 24.3 Å². The zero-order valence-corrected chi connectivity index (χ0v) is 18.6. The number of H-pyrrole nitrogens is 1. The van der Waals surface area contributed by atoms with E-state index in [9.17, 15) is 9.59 Å². The van der Waals surface area contributed by atoms with Gasteiger partial charge in [-0.05, 0) is 49.2 Å². The van der Waals surface area contributed by atoms with E-state index in [2.05, 4.69) is 20.5 Å². The third kappa shape index (κ3) is 4.52. The number of rotatable bonds is 8. The van der Waals surface area contributed by atoms with Crippen LogP contribution in [0.5, 0.6) is 5.75 Å². The molecule has 2 aromatic carbocycles. The van der Waals surface area contributed by atoms with E-state index in [0.717, 1.165) is 17.7 Å². The minimum atomic E-state index is -0.257. The number of nitrogens with zero attached hydrogens (tertiary/aromatic N) is 3. The van der Waals surface area contributed by atoms with Crippen LogP contribution in [0.25, 0.3) is 16.7 Å². The number of amides is 1. The molecule has 0 radical (unpaired) electrons. The quantitative estimate of drug-likeness (QED) is 0.313. The lowest BCUT2D eigenvalue weighted by atomic mass is 10.1. The summed E-state index contributed by atoms with van der Waals surface area (Å²) in [5.41, 5.74) is 2.62. The number of benzene rings is 2. The molecule has 9 heteroatoms. The molecule has 0 aliphatic rings. The summed E-state index contributed by atoms with van der Waals surface area (Å²) in [6.45, 7) is 4.51. The Morgan fingerprint density at radius 2 is 1.94 bits per heavy atom. The number of carbonyl (C=O) groups excluding carboxylic acids is 1. The van der Waals surface area contributed by atoms with Crippen molar-refractivity contribution >= 4 is 34.4 Å². The van der Waals surface area contributed by atoms with Crippen LogP contribution < -0.4 is 15.6 Å². The van der Waals surface area contributed by atoms with Gasteiger partial charge in [-0.15, -0.1) is 0 Å². The minimum Gasteiger partial charge on any atom is -0.494 e. The highest BCUT2D eigenvalue weighted by molar-refractivity contribution is 7.99. The van der Waals surface area contributed by atoms with Gasteiger partial charge in [-0.1, -0.05) is 36.9 Å². The van der Waals surface area contributed by atoms with E-state index >= 15 is 0 Å². The summed E-state index contributed by atoms with van der Waals surface area (Å²) >= 11 is 1.19. The summed E-state index contributed by atoms with van der Waals surface area (Å²) in [5.74, 6) is 0.638. The molecule has 4 aromatic rings. The van der Waals surface area contributed by atoms with Gasteiger partial charge in [0.15, 0.2) is 10.8 Å². The van der Waals surface area contributed by atoms with Crippen molar-refractivity contribution in [3.63, 3.8) is 0 Å². The number of aromatic nitrogens is 4. The second-order valence-corrected chi connectivity index (χ2v) is 7.88. The van der Waals surface area contributed by atoms with Gasteiger partial charge >= 0.3 is 0 Å². The number of anilines is 1. The molecule has 0 bridgehead atoms. The fraction of sp³-hybridized carbons (Fsp3) is 0.217. The summed E-state index contributed by atoms with van der Waals surface area (Å²) in [4.78, 5) is 30.3. The summed E-state index contributed by atoms with van der Waals surface area (Å²) < 4.78 is 6.98. The van der Waals surface area contributed by atoms with Crippen LogP contribution in [0.3, 0.4) is 0 Å². The molecule has 0 aliphatic heterocycles. The predicted molar refractivity (Wildman–Crippen MR) is 126 cm³/mol. The second kappa shape index (κ2) is 9.69. The van der Waals surface area contributed by atoms with Gasteiger partial charge in [0.05, 0.1) is 24.2 Å². The lowest BCUT2D eigenvalue weighted by Crippen LogP contribution is -2.22. The van der Waals surface area contributed by atoms with Crippen molar-refractivity contribution in [3.8, 4) is 11.4 Å². The lowest BCUT2D eigenvalue weighted by molar-refractivity contribution is -0.113. The summed E-state index contributed by atoms with van der Waals surface area (Å²) in [6.07, 6.45) is 2.28. The Bertz CT molecular complexity index is 1300. The number of nitrogens with one attached hydrogen (secondary N) is 2. The Balaban J connectivity index is 1.62. The van der Waals surface area contributed by atoms with E-state index in [1.165, 1.54) is 22.5 Å². The van der Waals surface area contributed by atoms with Crippen LogP contribution in [0.2, 0.25) is 0 Å². The molecule has 0 aliphatic carbocycles. The fourth-order valence-corrected chi connectivity index (χ4v) is 4.13. The average molecular weight is 450 g/mol. The number of aromatic amines is 1. The molecule has 0 fully saturated rings. The van der Waals surface area contributed by atoms with Gasteiger partial charge < -0.3 is 10.1 Å². The highest BCUT2D eigenvalue weighted by Crippen LogP contribution is 2.23. The SMILES string of the molecule is CCOc1ccc(-n2c(SCC(=O)Nc3ccccc3CC)nc3[nH]ncc3c2=O)cc1. The molecule has 1 amide bonds. The van der Waals surface area contributed by atoms with Gasteiger partial charge in [0.25, 0.3) is 5.56 Å². The molecule has 0 spiro atoms. The number of hydrogen-bond acceptors (Lipinski definition) is 6. The first-order chi connectivity index (χ1) is 15.6. The molecule has 0 atom stereocenters. The highest BCUT2D eigenvalue weighted by atomic mass is 32.2. The smallest absolute Gasteiger partial charge is 0.269 e. The molecule has 164 valence electrons. The van der Waals surface area contributed by atoms with Crippen molar-refractivity contribution < 1.29 is 9.53 Å². The summed E-state index contributed by atoms with van der Waals surface area (Å²) in [5, 5.41) is 10.4. The molecule has 0 saturated carbocycles. The topological polar surface area (TPSA) is 102 Å². The van der Waals surface area contributed by atoms with Gasteiger partial charge in [-0.3, -0.25) is 19.3 Å². The number of aryl methyl sites for hydroxylation is 1.